The second-order valence-corrected chi connectivity index (χ2v) is 5.69. The summed E-state index contributed by atoms with van der Waals surface area (Å²) in [6, 6.07) is 0. The highest BCUT2D eigenvalue weighted by atomic mass is 16.5. The summed E-state index contributed by atoms with van der Waals surface area (Å²) < 4.78 is 5.70. The summed E-state index contributed by atoms with van der Waals surface area (Å²) in [5.74, 6) is 0. The van der Waals surface area contributed by atoms with Gasteiger partial charge in [-0.1, -0.05) is 13.8 Å². The van der Waals surface area contributed by atoms with Gasteiger partial charge in [0.15, 0.2) is 0 Å². The predicted molar refractivity (Wildman–Crippen MR) is 63.9 cm³/mol. The van der Waals surface area contributed by atoms with E-state index in [1.54, 1.807) is 0 Å². The lowest BCUT2D eigenvalue weighted by molar-refractivity contribution is -0.0932. The Labute approximate surface area is 94.0 Å². The van der Waals surface area contributed by atoms with E-state index >= 15 is 0 Å². The molecule has 0 radical (unpaired) electrons. The molecule has 0 spiro atoms. The Morgan fingerprint density at radius 3 is 2.60 bits per heavy atom. The topological polar surface area (TPSA) is 38.5 Å². The van der Waals surface area contributed by atoms with E-state index in [4.69, 9.17) is 10.5 Å². The van der Waals surface area contributed by atoms with Crippen LogP contribution in [-0.2, 0) is 4.74 Å². The lowest BCUT2D eigenvalue weighted by Crippen LogP contribution is -2.52. The van der Waals surface area contributed by atoms with Crippen molar-refractivity contribution in [3.8, 4) is 0 Å². The molecule has 1 aliphatic heterocycles. The SMILES string of the molecule is CCC(C)(CN)CN1CCOC(C)(C)C1. The van der Waals surface area contributed by atoms with Crippen LogP contribution in [0.15, 0.2) is 0 Å². The molecule has 15 heavy (non-hydrogen) atoms. The molecule has 1 atom stereocenters. The van der Waals surface area contributed by atoms with Crippen molar-refractivity contribution in [3.63, 3.8) is 0 Å². The molecule has 1 heterocycles. The molecule has 90 valence electrons. The van der Waals surface area contributed by atoms with Gasteiger partial charge in [0.25, 0.3) is 0 Å². The molecular formula is C12H26N2O. The quantitative estimate of drug-likeness (QED) is 0.770. The molecule has 3 heteroatoms. The first-order chi connectivity index (χ1) is 6.91. The Balaban J connectivity index is 2.51. The van der Waals surface area contributed by atoms with Gasteiger partial charge in [-0.05, 0) is 32.2 Å². The fraction of sp³-hybridized carbons (Fsp3) is 1.00. The maximum Gasteiger partial charge on any atom is 0.0753 e. The fourth-order valence-electron chi connectivity index (χ4n) is 2.11. The number of nitrogens with zero attached hydrogens (tertiary/aromatic N) is 1. The van der Waals surface area contributed by atoms with Crippen LogP contribution in [0.1, 0.15) is 34.1 Å². The molecule has 0 aromatic heterocycles. The van der Waals surface area contributed by atoms with Crippen LogP contribution >= 0.6 is 0 Å². The Bertz CT molecular complexity index is 200. The summed E-state index contributed by atoms with van der Waals surface area (Å²) in [5, 5.41) is 0. The van der Waals surface area contributed by atoms with Crippen LogP contribution in [0.2, 0.25) is 0 Å². The summed E-state index contributed by atoms with van der Waals surface area (Å²) in [6.45, 7) is 13.6. The molecule has 0 aromatic carbocycles. The summed E-state index contributed by atoms with van der Waals surface area (Å²) in [5.41, 5.74) is 6.10. The third-order valence-electron chi connectivity index (χ3n) is 3.46. The summed E-state index contributed by atoms with van der Waals surface area (Å²) in [6.07, 6.45) is 1.14. The highest BCUT2D eigenvalue weighted by Crippen LogP contribution is 2.24. The average Bonchev–Trinajstić information content (AvgIpc) is 2.16. The van der Waals surface area contributed by atoms with Crippen LogP contribution < -0.4 is 5.73 Å². The van der Waals surface area contributed by atoms with Gasteiger partial charge >= 0.3 is 0 Å². The molecule has 0 aliphatic carbocycles. The van der Waals surface area contributed by atoms with Crippen molar-refractivity contribution in [3.05, 3.63) is 0 Å². The van der Waals surface area contributed by atoms with Crippen LogP contribution in [-0.4, -0.2) is 43.3 Å². The van der Waals surface area contributed by atoms with Gasteiger partial charge in [-0.3, -0.25) is 4.90 Å². The van der Waals surface area contributed by atoms with Crippen molar-refractivity contribution in [2.75, 3.05) is 32.8 Å². The van der Waals surface area contributed by atoms with Crippen molar-refractivity contribution in [1.82, 2.24) is 4.90 Å². The number of ether oxygens (including phenoxy) is 1. The minimum absolute atomic E-state index is 0.00149. The minimum atomic E-state index is 0.00149. The standard InChI is InChI=1S/C12H26N2O/c1-5-12(4,8-13)10-14-6-7-15-11(2,3)9-14/h5-10,13H2,1-4H3. The van der Waals surface area contributed by atoms with Crippen LogP contribution in [0.4, 0.5) is 0 Å². The van der Waals surface area contributed by atoms with Gasteiger partial charge in [-0.2, -0.15) is 0 Å². The first-order valence-corrected chi connectivity index (χ1v) is 5.97. The van der Waals surface area contributed by atoms with E-state index in [0.29, 0.717) is 0 Å². The first kappa shape index (κ1) is 12.9. The summed E-state index contributed by atoms with van der Waals surface area (Å²) >= 11 is 0. The zero-order valence-corrected chi connectivity index (χ0v) is 10.7. The second-order valence-electron chi connectivity index (χ2n) is 5.69. The average molecular weight is 214 g/mol. The number of morpholine rings is 1. The van der Waals surface area contributed by atoms with Crippen molar-refractivity contribution < 1.29 is 4.74 Å². The van der Waals surface area contributed by atoms with E-state index in [1.807, 2.05) is 0 Å². The zero-order chi connectivity index (χ0) is 11.5. The lowest BCUT2D eigenvalue weighted by atomic mass is 9.86. The molecule has 1 aliphatic rings. The van der Waals surface area contributed by atoms with Gasteiger partial charge in [0.1, 0.15) is 0 Å². The fourth-order valence-corrected chi connectivity index (χ4v) is 2.11. The van der Waals surface area contributed by atoms with Crippen molar-refractivity contribution in [2.45, 2.75) is 39.7 Å². The van der Waals surface area contributed by atoms with E-state index < -0.39 is 0 Å². The lowest BCUT2D eigenvalue weighted by Gasteiger charge is -2.42. The monoisotopic (exact) mass is 214 g/mol. The first-order valence-electron chi connectivity index (χ1n) is 5.97. The van der Waals surface area contributed by atoms with E-state index in [2.05, 4.69) is 32.6 Å². The second kappa shape index (κ2) is 4.81. The predicted octanol–water partition coefficient (Wildman–Crippen LogP) is 1.47. The molecule has 1 rings (SSSR count). The molecule has 3 nitrogen and oxygen atoms in total. The van der Waals surface area contributed by atoms with Gasteiger partial charge in [-0.15, -0.1) is 0 Å². The third kappa shape index (κ3) is 3.74. The van der Waals surface area contributed by atoms with E-state index in [-0.39, 0.29) is 11.0 Å². The Morgan fingerprint density at radius 1 is 1.47 bits per heavy atom. The molecule has 0 saturated carbocycles. The number of hydrogen-bond acceptors (Lipinski definition) is 3. The smallest absolute Gasteiger partial charge is 0.0753 e. The van der Waals surface area contributed by atoms with Crippen molar-refractivity contribution in [2.24, 2.45) is 11.1 Å². The molecule has 2 N–H and O–H groups in total. The van der Waals surface area contributed by atoms with Crippen LogP contribution in [0.25, 0.3) is 0 Å². The van der Waals surface area contributed by atoms with E-state index in [0.717, 1.165) is 39.2 Å². The Kier molecular flexibility index (Phi) is 4.15. The minimum Gasteiger partial charge on any atom is -0.373 e. The molecule has 0 aromatic rings. The summed E-state index contributed by atoms with van der Waals surface area (Å²) in [4.78, 5) is 2.49. The molecule has 1 unspecified atom stereocenters. The highest BCUT2D eigenvalue weighted by molar-refractivity contribution is 4.84. The van der Waals surface area contributed by atoms with Gasteiger partial charge < -0.3 is 10.5 Å². The number of nitrogens with two attached hydrogens (primary N) is 1. The molecule has 0 bridgehead atoms. The van der Waals surface area contributed by atoms with Gasteiger partial charge in [0.2, 0.25) is 0 Å². The largest absolute Gasteiger partial charge is 0.373 e. The number of hydrogen-bond donors (Lipinski definition) is 1. The Morgan fingerprint density at radius 2 is 2.13 bits per heavy atom. The molecule has 0 amide bonds. The highest BCUT2D eigenvalue weighted by Gasteiger charge is 2.31. The maximum atomic E-state index is 5.84. The van der Waals surface area contributed by atoms with Crippen LogP contribution in [0.5, 0.6) is 0 Å². The zero-order valence-electron chi connectivity index (χ0n) is 10.7. The van der Waals surface area contributed by atoms with Crippen LogP contribution in [0, 0.1) is 5.41 Å². The Hall–Kier alpha value is -0.120. The van der Waals surface area contributed by atoms with E-state index in [9.17, 15) is 0 Å². The molecule has 1 fully saturated rings. The number of rotatable bonds is 4. The third-order valence-corrected chi connectivity index (χ3v) is 3.46. The van der Waals surface area contributed by atoms with Gasteiger partial charge in [0.05, 0.1) is 12.2 Å². The van der Waals surface area contributed by atoms with Crippen LogP contribution in [0.3, 0.4) is 0 Å². The summed E-state index contributed by atoms with van der Waals surface area (Å²) in [7, 11) is 0. The van der Waals surface area contributed by atoms with Gasteiger partial charge in [-0.25, -0.2) is 0 Å². The maximum absolute atomic E-state index is 5.84. The molecular weight excluding hydrogens is 188 g/mol. The van der Waals surface area contributed by atoms with Crippen molar-refractivity contribution >= 4 is 0 Å². The van der Waals surface area contributed by atoms with Gasteiger partial charge in [0, 0.05) is 19.6 Å². The van der Waals surface area contributed by atoms with E-state index in [1.165, 1.54) is 0 Å². The van der Waals surface area contributed by atoms with Crippen molar-refractivity contribution in [1.29, 1.82) is 0 Å². The normalized spacial score (nSPS) is 26.2. The molecule has 1 saturated heterocycles.